The largest absolute Gasteiger partial charge is 0.366 e. The van der Waals surface area contributed by atoms with Crippen LogP contribution < -0.4 is 0 Å². The molecule has 8 rings (SSSR count). The van der Waals surface area contributed by atoms with E-state index in [2.05, 4.69) is 84.9 Å². The number of thioether (sulfide) groups is 1. The molecule has 4 heteroatoms. The van der Waals surface area contributed by atoms with E-state index in [1.54, 1.807) is 11.2 Å². The zero-order chi connectivity index (χ0) is 24.2. The third kappa shape index (κ3) is 2.73. The van der Waals surface area contributed by atoms with Gasteiger partial charge in [0.15, 0.2) is 0 Å². The topological polar surface area (TPSA) is 6.48 Å². The molecule has 4 fully saturated rings. The van der Waals surface area contributed by atoms with Gasteiger partial charge < -0.3 is 9.80 Å². The standard InChI is InChI=1S/C32H43BN2S/c1-21-20-27-30(36-21)33-24-15-10-14-23-29(24)35(31(2,3)32(23)18-8-5-9-19-32)26-17-11-16-25(28(26)33)34(27)22-12-6-4-7-13-22/h4,6,10-12,15-16,21,23,25-28,30H,5,7-9,13-14,17-20H2,1-3H3. The van der Waals surface area contributed by atoms with Gasteiger partial charge in [-0.2, -0.15) is 11.8 Å². The molecule has 2 nitrogen and oxygen atoms in total. The van der Waals surface area contributed by atoms with Crippen LogP contribution >= 0.6 is 11.8 Å². The van der Waals surface area contributed by atoms with Gasteiger partial charge >= 0.3 is 0 Å². The first kappa shape index (κ1) is 22.7. The Bertz CT molecular complexity index is 1110. The summed E-state index contributed by atoms with van der Waals surface area (Å²) in [5, 5.41) is 1.50. The van der Waals surface area contributed by atoms with Crippen molar-refractivity contribution in [2.24, 2.45) is 11.3 Å². The molecule has 0 aromatic heterocycles. The Morgan fingerprint density at radius 3 is 2.69 bits per heavy atom. The first-order chi connectivity index (χ1) is 17.5. The van der Waals surface area contributed by atoms with Gasteiger partial charge in [0.1, 0.15) is 0 Å². The van der Waals surface area contributed by atoms with Crippen LogP contribution in [0.25, 0.3) is 0 Å². The molecule has 7 unspecified atom stereocenters. The summed E-state index contributed by atoms with van der Waals surface area (Å²) in [6, 6.07) is 1.90. The molecule has 36 heavy (non-hydrogen) atoms. The highest BCUT2D eigenvalue weighted by Crippen LogP contribution is 2.68. The Hall–Kier alpha value is -1.29. The number of fused-ring (bicyclic) bond motifs is 5. The molecule has 8 aliphatic rings. The number of allylic oxidation sites excluding steroid dienone is 8. The van der Waals surface area contributed by atoms with E-state index in [-0.39, 0.29) is 5.54 Å². The van der Waals surface area contributed by atoms with Crippen LogP contribution in [-0.2, 0) is 0 Å². The highest BCUT2D eigenvalue weighted by Gasteiger charge is 2.69. The number of nitrogens with zero attached hydrogens (tertiary/aromatic N) is 2. The molecule has 1 saturated carbocycles. The van der Waals surface area contributed by atoms with Gasteiger partial charge in [-0.3, -0.25) is 0 Å². The minimum absolute atomic E-state index is 0.251. The molecule has 0 aromatic carbocycles. The van der Waals surface area contributed by atoms with Gasteiger partial charge in [-0.1, -0.05) is 68.1 Å². The fourth-order valence-corrected chi connectivity index (χ4v) is 12.7. The van der Waals surface area contributed by atoms with E-state index >= 15 is 0 Å². The van der Waals surface area contributed by atoms with Crippen LogP contribution in [0.3, 0.4) is 0 Å². The molecular weight excluding hydrogens is 455 g/mol. The lowest BCUT2D eigenvalue weighted by molar-refractivity contribution is -0.00672. The predicted octanol–water partition coefficient (Wildman–Crippen LogP) is 7.33. The number of rotatable bonds is 1. The van der Waals surface area contributed by atoms with E-state index in [0.29, 0.717) is 29.4 Å². The summed E-state index contributed by atoms with van der Waals surface area (Å²) in [6.45, 7) is 8.56. The van der Waals surface area contributed by atoms with Gasteiger partial charge in [0.05, 0.1) is 0 Å². The third-order valence-corrected chi connectivity index (χ3v) is 13.7. The summed E-state index contributed by atoms with van der Waals surface area (Å²) in [6.07, 6.45) is 31.2. The molecule has 1 spiro atoms. The van der Waals surface area contributed by atoms with Crippen molar-refractivity contribution in [3.8, 4) is 0 Å². The zero-order valence-corrected chi connectivity index (χ0v) is 23.4. The second kappa shape index (κ2) is 7.87. The van der Waals surface area contributed by atoms with Gasteiger partial charge in [0, 0.05) is 56.8 Å². The van der Waals surface area contributed by atoms with Crippen molar-refractivity contribution in [3.05, 3.63) is 59.4 Å². The van der Waals surface area contributed by atoms with Crippen LogP contribution in [0.15, 0.2) is 59.4 Å². The van der Waals surface area contributed by atoms with Crippen LogP contribution in [-0.4, -0.2) is 50.6 Å². The Labute approximate surface area is 223 Å². The Kier molecular flexibility index (Phi) is 4.96. The lowest BCUT2D eigenvalue weighted by atomic mass is 9.27. The van der Waals surface area contributed by atoms with Crippen LogP contribution in [0.5, 0.6) is 0 Å². The van der Waals surface area contributed by atoms with Crippen molar-refractivity contribution in [1.82, 2.24) is 9.80 Å². The maximum atomic E-state index is 3.09. The smallest absolute Gasteiger partial charge is 0.202 e. The van der Waals surface area contributed by atoms with Crippen LogP contribution in [0.4, 0.5) is 0 Å². The lowest BCUT2D eigenvalue weighted by Gasteiger charge is -2.62. The molecule has 0 aromatic rings. The van der Waals surface area contributed by atoms with Crippen molar-refractivity contribution in [2.45, 2.75) is 125 Å². The summed E-state index contributed by atoms with van der Waals surface area (Å²) >= 11 is 2.35. The molecule has 4 heterocycles. The van der Waals surface area contributed by atoms with Crippen molar-refractivity contribution < 1.29 is 0 Å². The molecule has 0 radical (unpaired) electrons. The molecule has 7 atom stereocenters. The maximum Gasteiger partial charge on any atom is 0.202 e. The molecule has 4 aliphatic carbocycles. The number of hydrogen-bond donors (Lipinski definition) is 0. The van der Waals surface area contributed by atoms with E-state index in [4.69, 9.17) is 0 Å². The SMILES string of the molecule is CC1CC2C(S1)B1C3=C4C(CC=C3)C3(CCCCC3)C(C)(C)N4C3CC=CC(C13)N2C1=CC=CCC1. The first-order valence-electron chi connectivity index (χ1n) is 15.2. The van der Waals surface area contributed by atoms with E-state index in [1.165, 1.54) is 64.2 Å². The number of hydrogen-bond acceptors (Lipinski definition) is 3. The highest BCUT2D eigenvalue weighted by molar-refractivity contribution is 8.02. The van der Waals surface area contributed by atoms with Gasteiger partial charge in [0.25, 0.3) is 0 Å². The normalized spacial score (nSPS) is 43.0. The predicted molar refractivity (Wildman–Crippen MR) is 154 cm³/mol. The highest BCUT2D eigenvalue weighted by atomic mass is 32.2. The third-order valence-electron chi connectivity index (χ3n) is 12.1. The molecule has 0 amide bonds. The van der Waals surface area contributed by atoms with Gasteiger partial charge in [-0.05, 0) is 70.7 Å². The summed E-state index contributed by atoms with van der Waals surface area (Å²) in [4.78, 5) is 6.07. The van der Waals surface area contributed by atoms with Crippen molar-refractivity contribution in [2.75, 3.05) is 0 Å². The van der Waals surface area contributed by atoms with E-state index < -0.39 is 0 Å². The molecular formula is C32H43BN2S. The average Bonchev–Trinajstić information content (AvgIpc) is 3.37. The van der Waals surface area contributed by atoms with E-state index in [0.717, 1.165) is 23.0 Å². The molecule has 4 aliphatic heterocycles. The van der Waals surface area contributed by atoms with Gasteiger partial charge in [0.2, 0.25) is 6.71 Å². The van der Waals surface area contributed by atoms with E-state index in [1.807, 2.05) is 5.70 Å². The Morgan fingerprint density at radius 2 is 1.89 bits per heavy atom. The summed E-state index contributed by atoms with van der Waals surface area (Å²) < 4.78 is 0. The summed E-state index contributed by atoms with van der Waals surface area (Å²) in [7, 11) is 0. The second-order valence-corrected chi connectivity index (χ2v) is 15.4. The minimum atomic E-state index is 0.251. The van der Waals surface area contributed by atoms with Crippen molar-refractivity contribution in [3.63, 3.8) is 0 Å². The average molecular weight is 499 g/mol. The van der Waals surface area contributed by atoms with Crippen LogP contribution in [0, 0.1) is 11.3 Å². The van der Waals surface area contributed by atoms with Crippen molar-refractivity contribution >= 4 is 18.5 Å². The quantitative estimate of drug-likeness (QED) is 0.276. The van der Waals surface area contributed by atoms with Crippen LogP contribution in [0.2, 0.25) is 5.82 Å². The summed E-state index contributed by atoms with van der Waals surface area (Å²) in [5.74, 6) is 1.46. The fraction of sp³-hybridized carbons (Fsp3) is 0.688. The fourth-order valence-electron chi connectivity index (χ4n) is 10.9. The zero-order valence-electron chi connectivity index (χ0n) is 22.5. The molecule has 0 bridgehead atoms. The first-order valence-corrected chi connectivity index (χ1v) is 16.1. The van der Waals surface area contributed by atoms with Gasteiger partial charge in [-0.25, -0.2) is 0 Å². The monoisotopic (exact) mass is 498 g/mol. The summed E-state index contributed by atoms with van der Waals surface area (Å²) in [5.41, 5.74) is 5.96. The molecule has 190 valence electrons. The molecule has 0 N–H and O–H groups in total. The van der Waals surface area contributed by atoms with Crippen molar-refractivity contribution in [1.29, 1.82) is 0 Å². The minimum Gasteiger partial charge on any atom is -0.366 e. The maximum absolute atomic E-state index is 3.09. The van der Waals surface area contributed by atoms with E-state index in [9.17, 15) is 0 Å². The van der Waals surface area contributed by atoms with Gasteiger partial charge in [-0.15, -0.1) is 0 Å². The second-order valence-electron chi connectivity index (χ2n) is 13.7. The lowest BCUT2D eigenvalue weighted by Crippen LogP contribution is -2.69. The Balaban J connectivity index is 1.33. The Morgan fingerprint density at radius 1 is 1.03 bits per heavy atom. The van der Waals surface area contributed by atoms with Crippen LogP contribution in [0.1, 0.15) is 85.0 Å². The molecule has 3 saturated heterocycles.